The number of fused-ring (bicyclic) bond motifs is 5. The Morgan fingerprint density at radius 3 is 2.25 bits per heavy atom. The number of aliphatic hydroxyl groups is 1. The Balaban J connectivity index is 0.776. The number of aromatic nitrogens is 2. The van der Waals surface area contributed by atoms with Gasteiger partial charge in [0.15, 0.2) is 5.60 Å². The number of aliphatic carboxylic acids is 1. The van der Waals surface area contributed by atoms with Gasteiger partial charge in [0, 0.05) is 47.7 Å². The van der Waals surface area contributed by atoms with Crippen molar-refractivity contribution in [2.24, 2.45) is 5.41 Å². The smallest absolute Gasteiger partial charge is 0.343 e. The predicted molar refractivity (Wildman–Crippen MR) is 275 cm³/mol. The summed E-state index contributed by atoms with van der Waals surface area (Å²) in [5.41, 5.74) is 1.01. The number of halogens is 1. The van der Waals surface area contributed by atoms with E-state index in [1.165, 1.54) is 10.6 Å². The van der Waals surface area contributed by atoms with E-state index in [2.05, 4.69) is 37.2 Å². The van der Waals surface area contributed by atoms with Crippen molar-refractivity contribution in [3.63, 3.8) is 0 Å². The van der Waals surface area contributed by atoms with Crippen LogP contribution in [0, 0.1) is 18.2 Å². The van der Waals surface area contributed by atoms with E-state index in [0.29, 0.717) is 75.1 Å². The van der Waals surface area contributed by atoms with Gasteiger partial charge >= 0.3 is 11.9 Å². The molecule has 9 rings (SSSR count). The number of nitrogens with one attached hydrogen (secondary N) is 7. The number of carbonyl (C=O) groups excluding carboxylic acids is 9. The van der Waals surface area contributed by atoms with Crippen molar-refractivity contribution in [3.05, 3.63) is 110 Å². The van der Waals surface area contributed by atoms with E-state index in [1.54, 1.807) is 50.2 Å². The number of amides is 8. The van der Waals surface area contributed by atoms with E-state index in [0.717, 1.165) is 17.7 Å². The summed E-state index contributed by atoms with van der Waals surface area (Å²) in [5.74, 6) is -8.59. The number of cyclic esters (lactones) is 1. The fourth-order valence-corrected chi connectivity index (χ4v) is 10.5. The summed E-state index contributed by atoms with van der Waals surface area (Å²) in [6.45, 7) is -0.291. The topological polar surface area (TPSA) is 352 Å². The molecule has 0 saturated heterocycles. The van der Waals surface area contributed by atoms with Crippen LogP contribution < -0.4 is 42.8 Å². The number of carboxylic acids is 1. The van der Waals surface area contributed by atoms with Crippen LogP contribution in [0.5, 0.6) is 0 Å². The van der Waals surface area contributed by atoms with Gasteiger partial charge in [-0.05, 0) is 67.3 Å². The van der Waals surface area contributed by atoms with Crippen molar-refractivity contribution in [1.82, 2.24) is 51.7 Å². The second kappa shape index (κ2) is 22.9. The van der Waals surface area contributed by atoms with Crippen LogP contribution in [0.15, 0.2) is 59.4 Å². The highest BCUT2D eigenvalue weighted by Crippen LogP contribution is 2.49. The molecule has 5 aliphatic rings. The van der Waals surface area contributed by atoms with Crippen molar-refractivity contribution in [3.8, 4) is 11.4 Å². The van der Waals surface area contributed by atoms with Crippen LogP contribution in [0.4, 0.5) is 4.39 Å². The van der Waals surface area contributed by atoms with Crippen molar-refractivity contribution < 1.29 is 72.0 Å². The second-order valence-corrected chi connectivity index (χ2v) is 20.2. The van der Waals surface area contributed by atoms with Gasteiger partial charge < -0.3 is 61.5 Å². The quantitative estimate of drug-likeness (QED) is 0.0156. The molecule has 1 saturated carbocycles. The van der Waals surface area contributed by atoms with E-state index in [4.69, 9.17) is 19.6 Å². The van der Waals surface area contributed by atoms with Crippen molar-refractivity contribution >= 4 is 70.1 Å². The third-order valence-corrected chi connectivity index (χ3v) is 15.1. The van der Waals surface area contributed by atoms with Crippen LogP contribution in [-0.4, -0.2) is 142 Å². The summed E-state index contributed by atoms with van der Waals surface area (Å²) in [6.07, 6.45) is 3.57. The lowest BCUT2D eigenvalue weighted by molar-refractivity contribution is -0.172. The molecule has 0 bridgehead atoms. The molecule has 0 unspecified atom stereocenters. The maximum absolute atomic E-state index is 15.5. The number of nitrogens with zero attached hydrogens (tertiary/aromatic N) is 3. The average Bonchev–Trinajstić information content (AvgIpc) is 4.22. The predicted octanol–water partition coefficient (Wildman–Crippen LogP) is -1.45. The van der Waals surface area contributed by atoms with Gasteiger partial charge in [0.05, 0.1) is 73.3 Å². The van der Waals surface area contributed by atoms with Crippen LogP contribution in [0.25, 0.3) is 22.3 Å². The Labute approximate surface area is 454 Å². The van der Waals surface area contributed by atoms with Crippen molar-refractivity contribution in [2.45, 2.75) is 89.3 Å². The Morgan fingerprint density at radius 1 is 0.875 bits per heavy atom. The first kappa shape index (κ1) is 56.0. The molecule has 4 atom stereocenters. The second-order valence-electron chi connectivity index (χ2n) is 20.2. The van der Waals surface area contributed by atoms with E-state index < -0.39 is 127 Å². The summed E-state index contributed by atoms with van der Waals surface area (Å²) in [6, 6.07) is 8.19. The highest BCUT2D eigenvalue weighted by atomic mass is 19.1. The van der Waals surface area contributed by atoms with Gasteiger partial charge in [0.2, 0.25) is 35.4 Å². The van der Waals surface area contributed by atoms with Crippen LogP contribution in [0.2, 0.25) is 0 Å². The molecule has 2 aromatic heterocycles. The van der Waals surface area contributed by atoms with E-state index in [-0.39, 0.29) is 56.4 Å². The number of carboxylic acid groups (broad SMARTS) is 1. The van der Waals surface area contributed by atoms with Crippen LogP contribution in [0.3, 0.4) is 0 Å². The summed E-state index contributed by atoms with van der Waals surface area (Å²) >= 11 is 0. The fourth-order valence-electron chi connectivity index (χ4n) is 10.5. The zero-order chi connectivity index (χ0) is 57.2. The molecule has 80 heavy (non-hydrogen) atoms. The molecule has 420 valence electrons. The number of hydrogen-bond acceptors (Lipinski definition) is 16. The lowest BCUT2D eigenvalue weighted by atomic mass is 9.81. The van der Waals surface area contributed by atoms with Gasteiger partial charge in [-0.25, -0.2) is 14.2 Å². The molecule has 2 aromatic carbocycles. The number of rotatable bonds is 23. The summed E-state index contributed by atoms with van der Waals surface area (Å²) in [5, 5.41) is 38.8. The summed E-state index contributed by atoms with van der Waals surface area (Å²) < 4.78 is 28.0. The molecule has 8 amide bonds. The monoisotopic (exact) mass is 1100 g/mol. The molecule has 5 heterocycles. The van der Waals surface area contributed by atoms with Crippen LogP contribution in [0.1, 0.15) is 77.6 Å². The SMILES string of the molecule is CC[C@@]1(O)C(=O)OCc2c1cc1n(c2=O)Cc2c-1nc1cc(F)c(C)c3c1c2[C@@H](NC(=O)C1(COCNC(=O)CNC(=O)[C@H](Cc2ccccc2)NC(=O)CNC(=O)CNC(=O)[C@@H](CNCC(=O)O)N2C(=O)C=CC2=O)CC1)CC3. The molecule has 9 N–H and O–H groups in total. The molecule has 25 nitrogen and oxygen atoms in total. The Hall–Kier alpha value is -8.75. The normalized spacial score (nSPS) is 18.7. The molecule has 2 aliphatic carbocycles. The first-order chi connectivity index (χ1) is 38.2. The molecule has 0 radical (unpaired) electrons. The highest BCUT2D eigenvalue weighted by Gasteiger charge is 2.51. The Kier molecular flexibility index (Phi) is 16.0. The number of imide groups is 1. The molecule has 26 heteroatoms. The number of pyridine rings is 2. The summed E-state index contributed by atoms with van der Waals surface area (Å²) in [7, 11) is 0. The van der Waals surface area contributed by atoms with Crippen molar-refractivity contribution in [1.29, 1.82) is 0 Å². The number of esters is 1. The van der Waals surface area contributed by atoms with Gasteiger partial charge in [0.25, 0.3) is 17.4 Å². The van der Waals surface area contributed by atoms with Gasteiger partial charge in [-0.15, -0.1) is 0 Å². The number of hydrogen-bond donors (Lipinski definition) is 9. The average molecular weight is 1110 g/mol. The molecule has 4 aromatic rings. The third-order valence-electron chi connectivity index (χ3n) is 15.1. The van der Waals surface area contributed by atoms with Gasteiger partial charge in [-0.3, -0.25) is 52.8 Å². The molecular weight excluding hydrogens is 1050 g/mol. The minimum atomic E-state index is -2.06. The number of aryl methyl sites for hydroxylation is 1. The third kappa shape index (κ3) is 11.3. The first-order valence-electron chi connectivity index (χ1n) is 25.8. The highest BCUT2D eigenvalue weighted by molar-refractivity contribution is 6.15. The maximum Gasteiger partial charge on any atom is 0.343 e. The van der Waals surface area contributed by atoms with E-state index in [1.807, 2.05) is 0 Å². The van der Waals surface area contributed by atoms with E-state index >= 15 is 4.39 Å². The van der Waals surface area contributed by atoms with Crippen LogP contribution in [-0.2, 0) is 89.0 Å². The Bertz CT molecular complexity index is 3360. The zero-order valence-corrected chi connectivity index (χ0v) is 43.5. The maximum atomic E-state index is 15.5. The molecular formula is C54H57FN10O15. The molecule has 1 fully saturated rings. The van der Waals surface area contributed by atoms with Gasteiger partial charge in [0.1, 0.15) is 31.2 Å². The van der Waals surface area contributed by atoms with Crippen LogP contribution >= 0.6 is 0 Å². The largest absolute Gasteiger partial charge is 0.480 e. The van der Waals surface area contributed by atoms with E-state index in [9.17, 15) is 57.8 Å². The van der Waals surface area contributed by atoms with Gasteiger partial charge in [-0.2, -0.15) is 0 Å². The molecule has 3 aliphatic heterocycles. The minimum Gasteiger partial charge on any atom is -0.480 e. The summed E-state index contributed by atoms with van der Waals surface area (Å²) in [4.78, 5) is 147. The number of ether oxygens (including phenoxy) is 2. The minimum absolute atomic E-state index is 0.0178. The lowest BCUT2D eigenvalue weighted by Gasteiger charge is -2.31. The standard InChI is InChI=1S/C54H57FN10O15/c1-3-54(78)32-16-37-47-30(23-64(37)50(75)31(32)24-80-52(54)77)46-34(10-9-29-27(2)33(55)17-35(62-47)45(29)46)63-51(76)53(13-14-53)25-79-26-60-40(67)20-58-48(73)36(15-28-7-5-4-6-8-28)61-41(68)21-57-39(66)19-59-49(74)38(18-56-22-44(71)72)65-42(69)11-12-43(65)70/h4-8,11-12,16-17,34,36,38,56,78H,3,9-10,13-15,18-26H2,1-2H3,(H,57,66)(H,58,73)(H,59,74)(H,60,67)(H,61,68)(H,63,76)(H,71,72)/t34-,36-,38+,54-/m0/s1. The first-order valence-corrected chi connectivity index (χ1v) is 25.8. The number of carbonyl (C=O) groups is 10. The zero-order valence-electron chi connectivity index (χ0n) is 43.5. The lowest BCUT2D eigenvalue weighted by Crippen LogP contribution is -2.56. The Morgan fingerprint density at radius 2 is 1.56 bits per heavy atom. The van der Waals surface area contributed by atoms with Crippen molar-refractivity contribution in [2.75, 3.05) is 46.1 Å². The fraction of sp³-hybridized carbons (Fsp3) is 0.407. The molecule has 0 spiro atoms. The van der Waals surface area contributed by atoms with Gasteiger partial charge in [-0.1, -0.05) is 37.3 Å². The number of benzene rings is 2.